The maximum absolute atomic E-state index is 13.0. The number of carbonyl (C=O) groups is 1. The molecule has 1 saturated carbocycles. The molecule has 0 unspecified atom stereocenters. The van der Waals surface area contributed by atoms with Crippen LogP contribution in [-0.4, -0.2) is 16.2 Å². The van der Waals surface area contributed by atoms with E-state index in [0.717, 1.165) is 4.88 Å². The van der Waals surface area contributed by atoms with Crippen LogP contribution in [-0.2, 0) is 6.42 Å². The van der Waals surface area contributed by atoms with Crippen LogP contribution in [0.25, 0.3) is 0 Å². The molecule has 1 amide bonds. The number of amides is 1. The molecule has 0 aliphatic heterocycles. The molecule has 1 aromatic rings. The summed E-state index contributed by atoms with van der Waals surface area (Å²) >= 11 is 1.26. The van der Waals surface area contributed by atoms with E-state index in [0.29, 0.717) is 30.5 Å². The first-order valence-electron chi connectivity index (χ1n) is 6.02. The van der Waals surface area contributed by atoms with Gasteiger partial charge in [-0.3, -0.25) is 4.79 Å². The van der Waals surface area contributed by atoms with Gasteiger partial charge in [0.05, 0.1) is 11.3 Å². The quantitative estimate of drug-likeness (QED) is 0.921. The van der Waals surface area contributed by atoms with Crippen molar-refractivity contribution in [2.75, 3.05) is 0 Å². The summed E-state index contributed by atoms with van der Waals surface area (Å²) < 4.78 is 30.2. The second kappa shape index (κ2) is 4.91. The van der Waals surface area contributed by atoms with Gasteiger partial charge in [0.1, 0.15) is 0 Å². The fourth-order valence-electron chi connectivity index (χ4n) is 2.44. The number of halogens is 2. The second-order valence-electron chi connectivity index (χ2n) is 4.93. The maximum Gasteiger partial charge on any atom is 0.251 e. The normalized spacial score (nSPS) is 19.9. The largest absolute Gasteiger partial charge is 0.366 e. The van der Waals surface area contributed by atoms with Crippen LogP contribution >= 0.6 is 11.5 Å². The molecule has 100 valence electrons. The van der Waals surface area contributed by atoms with Crippen LogP contribution in [0.15, 0.2) is 0 Å². The lowest BCUT2D eigenvalue weighted by molar-refractivity contribution is -0.0455. The Hall–Kier alpha value is -1.04. The Bertz CT molecular complexity index is 449. The summed E-state index contributed by atoms with van der Waals surface area (Å²) in [7, 11) is 0. The summed E-state index contributed by atoms with van der Waals surface area (Å²) in [4.78, 5) is 12.2. The van der Waals surface area contributed by atoms with Gasteiger partial charge < -0.3 is 5.73 Å². The molecule has 0 aromatic carbocycles. The lowest BCUT2D eigenvalue weighted by atomic mass is 9.84. The van der Waals surface area contributed by atoms with Gasteiger partial charge in [-0.2, -0.15) is 4.37 Å². The van der Waals surface area contributed by atoms with E-state index in [4.69, 9.17) is 5.73 Å². The summed E-state index contributed by atoms with van der Waals surface area (Å²) in [5.41, 5.74) is 6.44. The zero-order valence-corrected chi connectivity index (χ0v) is 11.0. The molecule has 1 fully saturated rings. The number of carbonyl (C=O) groups excluding carboxylic acids is 1. The molecular weight excluding hydrogens is 258 g/mol. The fourth-order valence-corrected chi connectivity index (χ4v) is 3.43. The van der Waals surface area contributed by atoms with Gasteiger partial charge in [0.2, 0.25) is 5.92 Å². The predicted molar refractivity (Wildman–Crippen MR) is 66.0 cm³/mol. The minimum atomic E-state index is -2.51. The van der Waals surface area contributed by atoms with E-state index in [-0.39, 0.29) is 18.8 Å². The van der Waals surface area contributed by atoms with Crippen LogP contribution < -0.4 is 5.73 Å². The molecule has 0 atom stereocenters. The van der Waals surface area contributed by atoms with E-state index in [2.05, 4.69) is 4.37 Å². The molecule has 1 aliphatic carbocycles. The van der Waals surface area contributed by atoms with Crippen molar-refractivity contribution in [3.8, 4) is 0 Å². The molecule has 6 heteroatoms. The molecule has 0 spiro atoms. The molecule has 1 aromatic heterocycles. The van der Waals surface area contributed by atoms with E-state index >= 15 is 0 Å². The predicted octanol–water partition coefficient (Wildman–Crippen LogP) is 2.92. The Kier molecular flexibility index (Phi) is 3.66. The van der Waals surface area contributed by atoms with Crippen molar-refractivity contribution < 1.29 is 13.6 Å². The van der Waals surface area contributed by atoms with Crippen molar-refractivity contribution in [1.29, 1.82) is 0 Å². The monoisotopic (exact) mass is 274 g/mol. The van der Waals surface area contributed by atoms with E-state index < -0.39 is 11.8 Å². The Balaban J connectivity index is 2.05. The van der Waals surface area contributed by atoms with Crippen molar-refractivity contribution in [3.63, 3.8) is 0 Å². The highest BCUT2D eigenvalue weighted by Gasteiger charge is 2.35. The van der Waals surface area contributed by atoms with E-state index in [1.807, 2.05) is 0 Å². The highest BCUT2D eigenvalue weighted by molar-refractivity contribution is 7.06. The average molecular weight is 274 g/mol. The number of hydrogen-bond donors (Lipinski definition) is 1. The Morgan fingerprint density at radius 2 is 2.11 bits per heavy atom. The molecule has 0 saturated heterocycles. The van der Waals surface area contributed by atoms with Crippen molar-refractivity contribution in [2.24, 2.45) is 11.7 Å². The number of alkyl halides is 2. The van der Waals surface area contributed by atoms with Crippen LogP contribution in [0.1, 0.15) is 46.6 Å². The topological polar surface area (TPSA) is 56.0 Å². The number of nitrogens with zero attached hydrogens (tertiary/aromatic N) is 1. The number of aromatic nitrogens is 1. The molecule has 2 rings (SSSR count). The molecule has 2 N–H and O–H groups in total. The summed E-state index contributed by atoms with van der Waals surface area (Å²) in [5.74, 6) is -2.77. The van der Waals surface area contributed by atoms with E-state index in [1.54, 1.807) is 6.92 Å². The smallest absolute Gasteiger partial charge is 0.251 e. The lowest BCUT2D eigenvalue weighted by Crippen LogP contribution is -2.25. The third-order valence-electron chi connectivity index (χ3n) is 3.49. The lowest BCUT2D eigenvalue weighted by Gasteiger charge is -2.27. The van der Waals surface area contributed by atoms with Crippen LogP contribution in [0.3, 0.4) is 0 Å². The van der Waals surface area contributed by atoms with Gasteiger partial charge in [0.25, 0.3) is 5.91 Å². The van der Waals surface area contributed by atoms with E-state index in [9.17, 15) is 13.6 Å². The highest BCUT2D eigenvalue weighted by Crippen LogP contribution is 2.38. The molecule has 1 heterocycles. The molecule has 0 radical (unpaired) electrons. The van der Waals surface area contributed by atoms with Crippen LogP contribution in [0.4, 0.5) is 8.78 Å². The van der Waals surface area contributed by atoms with Crippen LogP contribution in [0.2, 0.25) is 0 Å². The summed E-state index contributed by atoms with van der Waals surface area (Å²) in [6, 6.07) is 0. The van der Waals surface area contributed by atoms with Crippen LogP contribution in [0, 0.1) is 12.8 Å². The van der Waals surface area contributed by atoms with Gasteiger partial charge in [0.15, 0.2) is 0 Å². The fraction of sp³-hybridized carbons (Fsp3) is 0.667. The van der Waals surface area contributed by atoms with Crippen LogP contribution in [0.5, 0.6) is 0 Å². The Morgan fingerprint density at radius 3 is 2.67 bits per heavy atom. The SMILES string of the molecule is Cc1nsc(CC2CCC(F)(F)CC2)c1C(N)=O. The molecule has 0 bridgehead atoms. The average Bonchev–Trinajstić information content (AvgIpc) is 2.63. The minimum absolute atomic E-state index is 0.0542. The van der Waals surface area contributed by atoms with Gasteiger partial charge in [0, 0.05) is 17.7 Å². The third kappa shape index (κ3) is 2.85. The maximum atomic E-state index is 13.0. The first-order chi connectivity index (χ1) is 8.39. The highest BCUT2D eigenvalue weighted by atomic mass is 32.1. The van der Waals surface area contributed by atoms with Gasteiger partial charge in [-0.05, 0) is 43.6 Å². The van der Waals surface area contributed by atoms with Crippen molar-refractivity contribution in [1.82, 2.24) is 4.37 Å². The standard InChI is InChI=1S/C12H16F2N2OS/c1-7-10(11(15)17)9(18-16-7)6-8-2-4-12(13,14)5-3-8/h8H,2-6H2,1H3,(H2,15,17). The first-order valence-corrected chi connectivity index (χ1v) is 6.79. The summed E-state index contributed by atoms with van der Waals surface area (Å²) in [6.07, 6.45) is 1.53. The van der Waals surface area contributed by atoms with Gasteiger partial charge >= 0.3 is 0 Å². The number of rotatable bonds is 3. The number of aryl methyl sites for hydroxylation is 1. The van der Waals surface area contributed by atoms with Gasteiger partial charge in [-0.15, -0.1) is 0 Å². The van der Waals surface area contributed by atoms with Crippen molar-refractivity contribution >= 4 is 17.4 Å². The first kappa shape index (κ1) is 13.4. The van der Waals surface area contributed by atoms with Crippen molar-refractivity contribution in [2.45, 2.75) is 45.0 Å². The van der Waals surface area contributed by atoms with E-state index in [1.165, 1.54) is 11.5 Å². The number of primary amides is 1. The molecule has 18 heavy (non-hydrogen) atoms. The molecular formula is C12H16F2N2OS. The van der Waals surface area contributed by atoms with Crippen molar-refractivity contribution in [3.05, 3.63) is 16.1 Å². The zero-order chi connectivity index (χ0) is 13.3. The molecule has 3 nitrogen and oxygen atoms in total. The zero-order valence-electron chi connectivity index (χ0n) is 10.2. The summed E-state index contributed by atoms with van der Waals surface area (Å²) in [5, 5.41) is 0. The summed E-state index contributed by atoms with van der Waals surface area (Å²) in [6.45, 7) is 1.75. The van der Waals surface area contributed by atoms with Gasteiger partial charge in [-0.25, -0.2) is 8.78 Å². The minimum Gasteiger partial charge on any atom is -0.366 e. The number of nitrogens with two attached hydrogens (primary N) is 1. The molecule has 1 aliphatic rings. The Morgan fingerprint density at radius 1 is 1.50 bits per heavy atom. The second-order valence-corrected chi connectivity index (χ2v) is 5.79. The third-order valence-corrected chi connectivity index (χ3v) is 4.45. The number of hydrogen-bond acceptors (Lipinski definition) is 3. The Labute approximate surface area is 109 Å². The van der Waals surface area contributed by atoms with Gasteiger partial charge in [-0.1, -0.05) is 0 Å².